The van der Waals surface area contributed by atoms with E-state index in [4.69, 9.17) is 0 Å². The molecule has 0 amide bonds. The van der Waals surface area contributed by atoms with Gasteiger partial charge in [-0.05, 0) is 44.2 Å². The highest BCUT2D eigenvalue weighted by Crippen LogP contribution is 2.22. The minimum absolute atomic E-state index is 0.246. The van der Waals surface area contributed by atoms with E-state index in [-0.39, 0.29) is 6.04 Å². The number of nitrogens with zero attached hydrogens (tertiary/aromatic N) is 3. The fourth-order valence-corrected chi connectivity index (χ4v) is 4.80. The van der Waals surface area contributed by atoms with Crippen molar-refractivity contribution in [2.75, 3.05) is 26.7 Å². The van der Waals surface area contributed by atoms with E-state index in [1.165, 1.54) is 0 Å². The molecule has 3 rings (SSSR count). The first-order valence-electron chi connectivity index (χ1n) is 8.73. The number of aromatic nitrogens is 1. The fraction of sp³-hybridized carbons (Fsp3) is 0.421. The predicted octanol–water partition coefficient (Wildman–Crippen LogP) is 2.41. The Morgan fingerprint density at radius 1 is 1.16 bits per heavy atom. The van der Waals surface area contributed by atoms with Crippen molar-refractivity contribution in [1.82, 2.24) is 14.2 Å². The molecule has 1 aliphatic rings. The van der Waals surface area contributed by atoms with Gasteiger partial charge in [0.05, 0.1) is 4.90 Å². The molecule has 0 N–H and O–H groups in total. The Hall–Kier alpha value is -1.76. The molecule has 2 aromatic rings. The van der Waals surface area contributed by atoms with E-state index >= 15 is 0 Å². The maximum absolute atomic E-state index is 12.8. The lowest BCUT2D eigenvalue weighted by Crippen LogP contribution is -2.48. The molecule has 1 atom stereocenters. The topological polar surface area (TPSA) is 53.5 Å². The highest BCUT2D eigenvalue weighted by Gasteiger charge is 2.31. The van der Waals surface area contributed by atoms with Crippen LogP contribution in [0.5, 0.6) is 0 Å². The van der Waals surface area contributed by atoms with Crippen molar-refractivity contribution in [1.29, 1.82) is 0 Å². The molecule has 0 bridgehead atoms. The lowest BCUT2D eigenvalue weighted by Gasteiger charge is -2.37. The van der Waals surface area contributed by atoms with E-state index < -0.39 is 10.0 Å². The Labute approximate surface area is 150 Å². The molecule has 0 saturated carbocycles. The summed E-state index contributed by atoms with van der Waals surface area (Å²) in [7, 11) is -1.33. The van der Waals surface area contributed by atoms with Crippen LogP contribution in [0, 0.1) is 0 Å². The van der Waals surface area contributed by atoms with Crippen LogP contribution in [0.25, 0.3) is 0 Å². The van der Waals surface area contributed by atoms with E-state index in [1.54, 1.807) is 28.6 Å². The van der Waals surface area contributed by atoms with E-state index in [0.29, 0.717) is 18.0 Å². The van der Waals surface area contributed by atoms with Crippen LogP contribution in [-0.4, -0.2) is 55.3 Å². The van der Waals surface area contributed by atoms with E-state index in [9.17, 15) is 8.42 Å². The van der Waals surface area contributed by atoms with Crippen molar-refractivity contribution in [3.63, 3.8) is 0 Å². The van der Waals surface area contributed by atoms with Crippen LogP contribution >= 0.6 is 0 Å². The molecular weight excluding hydrogens is 334 g/mol. The highest BCUT2D eigenvalue weighted by molar-refractivity contribution is 7.89. The van der Waals surface area contributed by atoms with Gasteiger partial charge in [0.25, 0.3) is 0 Å². The summed E-state index contributed by atoms with van der Waals surface area (Å²) in [4.78, 5) is 7.00. The molecule has 25 heavy (non-hydrogen) atoms. The number of hydrogen-bond donors (Lipinski definition) is 0. The molecule has 1 aromatic heterocycles. The van der Waals surface area contributed by atoms with Crippen molar-refractivity contribution in [3.8, 4) is 0 Å². The summed E-state index contributed by atoms with van der Waals surface area (Å²) >= 11 is 0. The zero-order chi connectivity index (χ0) is 17.7. The van der Waals surface area contributed by atoms with Crippen molar-refractivity contribution < 1.29 is 8.42 Å². The number of hydrogen-bond acceptors (Lipinski definition) is 4. The summed E-state index contributed by atoms with van der Waals surface area (Å²) in [5, 5.41) is 0. The molecule has 1 saturated heterocycles. The van der Waals surface area contributed by atoms with Gasteiger partial charge < -0.3 is 4.90 Å². The molecule has 1 aromatic carbocycles. The maximum Gasteiger partial charge on any atom is 0.243 e. The molecule has 0 aliphatic carbocycles. The van der Waals surface area contributed by atoms with Crippen molar-refractivity contribution >= 4 is 10.0 Å². The van der Waals surface area contributed by atoms with Crippen LogP contribution in [-0.2, 0) is 16.4 Å². The Morgan fingerprint density at radius 2 is 1.92 bits per heavy atom. The van der Waals surface area contributed by atoms with Gasteiger partial charge in [-0.25, -0.2) is 8.42 Å². The summed E-state index contributed by atoms with van der Waals surface area (Å²) < 4.78 is 27.3. The van der Waals surface area contributed by atoms with Crippen LogP contribution in [0.3, 0.4) is 0 Å². The summed E-state index contributed by atoms with van der Waals surface area (Å²) in [6.07, 6.45) is 4.60. The van der Waals surface area contributed by atoms with E-state index in [0.717, 1.165) is 31.5 Å². The number of pyridine rings is 1. The molecule has 0 unspecified atom stereocenters. The molecule has 134 valence electrons. The Balaban J connectivity index is 1.62. The second kappa shape index (κ2) is 8.08. The Morgan fingerprint density at radius 3 is 2.64 bits per heavy atom. The smallest absolute Gasteiger partial charge is 0.243 e. The number of likely N-dealkylation sites (N-methyl/N-ethyl adjacent to an activating group) is 1. The first-order valence-corrected chi connectivity index (χ1v) is 10.2. The molecule has 6 heteroatoms. The van der Waals surface area contributed by atoms with E-state index in [1.807, 2.05) is 30.5 Å². The molecule has 5 nitrogen and oxygen atoms in total. The van der Waals surface area contributed by atoms with Crippen molar-refractivity contribution in [3.05, 3.63) is 60.4 Å². The standard InChI is InChI=1S/C19H25N3O2S/c1-21(15-12-17-8-5-6-13-20-17)18-9-7-14-22(16-18)25(23,24)19-10-3-2-4-11-19/h2-6,8,10-11,13,18H,7,9,12,14-16H2,1H3/t18-/m1/s1. The monoisotopic (exact) mass is 359 g/mol. The predicted molar refractivity (Wildman–Crippen MR) is 98.8 cm³/mol. The molecule has 1 fully saturated rings. The Bertz CT molecular complexity index is 766. The van der Waals surface area contributed by atoms with Gasteiger partial charge in [-0.3, -0.25) is 4.98 Å². The zero-order valence-electron chi connectivity index (χ0n) is 14.6. The number of rotatable bonds is 6. The van der Waals surface area contributed by atoms with Crippen LogP contribution in [0.1, 0.15) is 18.5 Å². The third-order valence-corrected chi connectivity index (χ3v) is 6.69. The van der Waals surface area contributed by atoms with Crippen molar-refractivity contribution in [2.45, 2.75) is 30.2 Å². The molecule has 0 radical (unpaired) electrons. The minimum atomic E-state index is -3.40. The lowest BCUT2D eigenvalue weighted by atomic mass is 10.1. The quantitative estimate of drug-likeness (QED) is 0.795. The van der Waals surface area contributed by atoms with Crippen LogP contribution in [0.4, 0.5) is 0 Å². The number of benzene rings is 1. The number of sulfonamides is 1. The SMILES string of the molecule is CN(CCc1ccccn1)[C@@H]1CCCN(S(=O)(=O)c2ccccc2)C1. The third-order valence-electron chi connectivity index (χ3n) is 4.81. The van der Waals surface area contributed by atoms with Gasteiger partial charge in [0, 0.05) is 44.0 Å². The van der Waals surface area contributed by atoms with Crippen LogP contribution in [0.2, 0.25) is 0 Å². The first-order chi connectivity index (χ1) is 12.1. The average Bonchev–Trinajstić information content (AvgIpc) is 2.67. The van der Waals surface area contributed by atoms with Crippen LogP contribution in [0.15, 0.2) is 59.6 Å². The lowest BCUT2D eigenvalue weighted by molar-refractivity contribution is 0.164. The minimum Gasteiger partial charge on any atom is -0.302 e. The van der Waals surface area contributed by atoms with Gasteiger partial charge >= 0.3 is 0 Å². The van der Waals surface area contributed by atoms with Gasteiger partial charge in [-0.1, -0.05) is 24.3 Å². The van der Waals surface area contributed by atoms with Crippen molar-refractivity contribution in [2.24, 2.45) is 0 Å². The molecule has 2 heterocycles. The number of piperidine rings is 1. The Kier molecular flexibility index (Phi) is 5.83. The first kappa shape index (κ1) is 18.0. The second-order valence-electron chi connectivity index (χ2n) is 6.52. The van der Waals surface area contributed by atoms with Crippen LogP contribution < -0.4 is 0 Å². The van der Waals surface area contributed by atoms with Gasteiger partial charge in [-0.2, -0.15) is 4.31 Å². The fourth-order valence-electron chi connectivity index (χ4n) is 3.26. The van der Waals surface area contributed by atoms with Gasteiger partial charge in [0.15, 0.2) is 0 Å². The third kappa shape index (κ3) is 4.45. The van der Waals surface area contributed by atoms with Gasteiger partial charge in [-0.15, -0.1) is 0 Å². The maximum atomic E-state index is 12.8. The summed E-state index contributed by atoms with van der Waals surface area (Å²) in [6.45, 7) is 2.03. The van der Waals surface area contributed by atoms with Gasteiger partial charge in [0.2, 0.25) is 10.0 Å². The average molecular weight is 359 g/mol. The largest absolute Gasteiger partial charge is 0.302 e. The van der Waals surface area contributed by atoms with E-state index in [2.05, 4.69) is 16.9 Å². The molecule has 0 spiro atoms. The van der Waals surface area contributed by atoms with Gasteiger partial charge in [0.1, 0.15) is 0 Å². The molecule has 1 aliphatic heterocycles. The zero-order valence-corrected chi connectivity index (χ0v) is 15.4. The highest BCUT2D eigenvalue weighted by atomic mass is 32.2. The second-order valence-corrected chi connectivity index (χ2v) is 8.46. The normalized spacial score (nSPS) is 19.2. The molecular formula is C19H25N3O2S. The summed E-state index contributed by atoms with van der Waals surface area (Å²) in [6, 6.07) is 14.9. The summed E-state index contributed by atoms with van der Waals surface area (Å²) in [5.41, 5.74) is 1.07. The summed E-state index contributed by atoms with van der Waals surface area (Å²) in [5.74, 6) is 0.